The highest BCUT2D eigenvalue weighted by atomic mass is 35.5. The summed E-state index contributed by atoms with van der Waals surface area (Å²) in [5, 5.41) is 3.33. The molecule has 2 rings (SSSR count). The molecule has 1 aliphatic rings. The fourth-order valence-corrected chi connectivity index (χ4v) is 1.82. The second kappa shape index (κ2) is 6.61. The molecular formula is C12H18ClNO2. The quantitative estimate of drug-likeness (QED) is 0.883. The maximum Gasteiger partial charge on any atom is 0.161 e. The van der Waals surface area contributed by atoms with E-state index < -0.39 is 0 Å². The lowest BCUT2D eigenvalue weighted by Crippen LogP contribution is -2.37. The highest BCUT2D eigenvalue weighted by Gasteiger charge is 2.15. The number of hydrogen-bond acceptors (Lipinski definition) is 3. The van der Waals surface area contributed by atoms with Crippen molar-refractivity contribution < 1.29 is 9.47 Å². The number of halogens is 1. The summed E-state index contributed by atoms with van der Waals surface area (Å²) in [5.74, 6) is 1.65. The zero-order valence-electron chi connectivity index (χ0n) is 9.44. The molecule has 1 aliphatic heterocycles. The highest BCUT2D eigenvalue weighted by molar-refractivity contribution is 5.85. The minimum Gasteiger partial charge on any atom is -0.493 e. The molecule has 0 spiro atoms. The van der Waals surface area contributed by atoms with Gasteiger partial charge in [-0.25, -0.2) is 0 Å². The van der Waals surface area contributed by atoms with E-state index in [9.17, 15) is 0 Å². The van der Waals surface area contributed by atoms with Crippen molar-refractivity contribution in [3.63, 3.8) is 0 Å². The monoisotopic (exact) mass is 243 g/mol. The molecule has 90 valence electrons. The lowest BCUT2D eigenvalue weighted by Gasteiger charge is -2.24. The molecule has 1 fully saturated rings. The third kappa shape index (κ3) is 3.29. The fraction of sp³-hybridized carbons (Fsp3) is 0.500. The van der Waals surface area contributed by atoms with Gasteiger partial charge in [-0.15, -0.1) is 12.4 Å². The maximum atomic E-state index is 5.89. The van der Waals surface area contributed by atoms with Crippen LogP contribution in [0.5, 0.6) is 11.5 Å². The van der Waals surface area contributed by atoms with Crippen LogP contribution in [0, 0.1) is 0 Å². The van der Waals surface area contributed by atoms with Crippen LogP contribution in [0.1, 0.15) is 12.8 Å². The molecule has 1 aromatic carbocycles. The number of methoxy groups -OCH3 is 1. The number of ether oxygens (including phenoxy) is 2. The lowest BCUT2D eigenvalue weighted by atomic mass is 10.1. The third-order valence-corrected chi connectivity index (χ3v) is 2.61. The van der Waals surface area contributed by atoms with E-state index in [1.807, 2.05) is 24.3 Å². The first-order valence-electron chi connectivity index (χ1n) is 5.40. The molecule has 3 nitrogen and oxygen atoms in total. The second-order valence-electron chi connectivity index (χ2n) is 3.74. The van der Waals surface area contributed by atoms with Gasteiger partial charge in [-0.05, 0) is 31.5 Å². The normalized spacial score (nSPS) is 19.7. The van der Waals surface area contributed by atoms with Crippen molar-refractivity contribution >= 4 is 12.4 Å². The van der Waals surface area contributed by atoms with E-state index in [1.54, 1.807) is 7.11 Å². The minimum absolute atomic E-state index is 0. The Balaban J connectivity index is 0.00000128. The molecule has 1 atom stereocenters. The zero-order chi connectivity index (χ0) is 10.5. The summed E-state index contributed by atoms with van der Waals surface area (Å²) >= 11 is 0. The summed E-state index contributed by atoms with van der Waals surface area (Å²) in [4.78, 5) is 0. The Hall–Kier alpha value is -0.930. The van der Waals surface area contributed by atoms with E-state index in [0.29, 0.717) is 0 Å². The maximum absolute atomic E-state index is 5.89. The van der Waals surface area contributed by atoms with E-state index in [2.05, 4.69) is 5.32 Å². The van der Waals surface area contributed by atoms with E-state index in [4.69, 9.17) is 9.47 Å². The zero-order valence-corrected chi connectivity index (χ0v) is 10.3. The third-order valence-electron chi connectivity index (χ3n) is 2.61. The van der Waals surface area contributed by atoms with Crippen molar-refractivity contribution in [1.29, 1.82) is 0 Å². The number of hydrogen-bond donors (Lipinski definition) is 1. The first-order chi connectivity index (χ1) is 7.40. The molecule has 4 heteroatoms. The Morgan fingerprint density at radius 2 is 2.00 bits per heavy atom. The molecular weight excluding hydrogens is 226 g/mol. The van der Waals surface area contributed by atoms with Gasteiger partial charge >= 0.3 is 0 Å². The van der Waals surface area contributed by atoms with Crippen molar-refractivity contribution in [2.24, 2.45) is 0 Å². The Morgan fingerprint density at radius 1 is 1.25 bits per heavy atom. The number of benzene rings is 1. The summed E-state index contributed by atoms with van der Waals surface area (Å²) in [6.07, 6.45) is 2.57. The van der Waals surface area contributed by atoms with Gasteiger partial charge in [0.1, 0.15) is 6.10 Å². The number of piperidine rings is 1. The molecule has 1 N–H and O–H groups in total. The average Bonchev–Trinajstić information content (AvgIpc) is 2.31. The van der Waals surface area contributed by atoms with Gasteiger partial charge in [0.05, 0.1) is 7.11 Å². The van der Waals surface area contributed by atoms with Crippen LogP contribution in [0.4, 0.5) is 0 Å². The van der Waals surface area contributed by atoms with Gasteiger partial charge in [0.2, 0.25) is 0 Å². The van der Waals surface area contributed by atoms with Crippen molar-refractivity contribution in [2.45, 2.75) is 18.9 Å². The first kappa shape index (κ1) is 13.1. The van der Waals surface area contributed by atoms with E-state index >= 15 is 0 Å². The van der Waals surface area contributed by atoms with Crippen LogP contribution in [-0.2, 0) is 0 Å². The largest absolute Gasteiger partial charge is 0.493 e. The van der Waals surface area contributed by atoms with Crippen LogP contribution in [0.15, 0.2) is 24.3 Å². The van der Waals surface area contributed by atoms with Crippen molar-refractivity contribution in [1.82, 2.24) is 5.32 Å². The fourth-order valence-electron chi connectivity index (χ4n) is 1.82. The summed E-state index contributed by atoms with van der Waals surface area (Å²) < 4.78 is 11.1. The van der Waals surface area contributed by atoms with Crippen LogP contribution >= 0.6 is 12.4 Å². The topological polar surface area (TPSA) is 30.5 Å². The summed E-state index contributed by atoms with van der Waals surface area (Å²) in [7, 11) is 1.67. The molecule has 0 saturated carbocycles. The van der Waals surface area contributed by atoms with Gasteiger partial charge in [-0.2, -0.15) is 0 Å². The number of nitrogens with one attached hydrogen (secondary N) is 1. The summed E-state index contributed by atoms with van der Waals surface area (Å²) in [6.45, 7) is 2.03. The molecule has 1 heterocycles. The van der Waals surface area contributed by atoms with Crippen molar-refractivity contribution in [3.05, 3.63) is 24.3 Å². The highest BCUT2D eigenvalue weighted by Crippen LogP contribution is 2.27. The Kier molecular flexibility index (Phi) is 5.43. The van der Waals surface area contributed by atoms with Gasteiger partial charge in [0, 0.05) is 6.54 Å². The number of para-hydroxylation sites is 2. The predicted molar refractivity (Wildman–Crippen MR) is 66.8 cm³/mol. The van der Waals surface area contributed by atoms with E-state index in [-0.39, 0.29) is 18.5 Å². The minimum atomic E-state index is 0. The van der Waals surface area contributed by atoms with Crippen LogP contribution in [0.2, 0.25) is 0 Å². The molecule has 0 radical (unpaired) electrons. The van der Waals surface area contributed by atoms with Gasteiger partial charge in [0.15, 0.2) is 11.5 Å². The summed E-state index contributed by atoms with van der Waals surface area (Å²) in [5.41, 5.74) is 0. The van der Waals surface area contributed by atoms with E-state index in [0.717, 1.165) is 31.0 Å². The van der Waals surface area contributed by atoms with Crippen LogP contribution in [0.25, 0.3) is 0 Å². The van der Waals surface area contributed by atoms with Crippen LogP contribution in [-0.4, -0.2) is 26.3 Å². The SMILES string of the molecule is COc1ccccc1OC1CCCNC1.Cl. The molecule has 1 saturated heterocycles. The van der Waals surface area contributed by atoms with E-state index in [1.165, 1.54) is 6.42 Å². The molecule has 0 aliphatic carbocycles. The van der Waals surface area contributed by atoms with Gasteiger partial charge < -0.3 is 14.8 Å². The number of rotatable bonds is 3. The van der Waals surface area contributed by atoms with Crippen LogP contribution < -0.4 is 14.8 Å². The Morgan fingerprint density at radius 3 is 2.62 bits per heavy atom. The summed E-state index contributed by atoms with van der Waals surface area (Å²) in [6, 6.07) is 7.79. The Labute approximate surface area is 103 Å². The smallest absolute Gasteiger partial charge is 0.161 e. The molecule has 0 amide bonds. The molecule has 0 aromatic heterocycles. The molecule has 0 bridgehead atoms. The predicted octanol–water partition coefficient (Wildman–Crippen LogP) is 2.25. The first-order valence-corrected chi connectivity index (χ1v) is 5.40. The van der Waals surface area contributed by atoms with Crippen molar-refractivity contribution in [3.8, 4) is 11.5 Å². The molecule has 16 heavy (non-hydrogen) atoms. The average molecular weight is 244 g/mol. The molecule has 1 unspecified atom stereocenters. The second-order valence-corrected chi connectivity index (χ2v) is 3.74. The lowest BCUT2D eigenvalue weighted by molar-refractivity contribution is 0.161. The van der Waals surface area contributed by atoms with Crippen LogP contribution in [0.3, 0.4) is 0 Å². The molecule has 1 aromatic rings. The van der Waals surface area contributed by atoms with Gasteiger partial charge in [-0.3, -0.25) is 0 Å². The Bertz CT molecular complexity index is 314. The van der Waals surface area contributed by atoms with Gasteiger partial charge in [-0.1, -0.05) is 12.1 Å². The standard InChI is InChI=1S/C12H17NO2.ClH/c1-14-11-6-2-3-7-12(11)15-10-5-4-8-13-9-10;/h2-3,6-7,10,13H,4-5,8-9H2,1H3;1H. The van der Waals surface area contributed by atoms with Gasteiger partial charge in [0.25, 0.3) is 0 Å². The van der Waals surface area contributed by atoms with Crippen molar-refractivity contribution in [2.75, 3.05) is 20.2 Å².